The van der Waals surface area contributed by atoms with Gasteiger partial charge in [-0.3, -0.25) is 9.78 Å². The number of fused-ring (bicyclic) bond motifs is 3. The fourth-order valence-electron chi connectivity index (χ4n) is 3.45. The summed E-state index contributed by atoms with van der Waals surface area (Å²) in [5.41, 5.74) is 2.80. The highest BCUT2D eigenvalue weighted by Crippen LogP contribution is 2.35. The number of pyridine rings is 1. The molecule has 1 aliphatic rings. The molecule has 3 aromatic rings. The standard InChI is InChI=1S/C21H19ClN2O4/c1-12(20(25)24-11-13-5-7-23-8-6-13)27-19-10-18-16(9-17(19)22)14-3-2-4-15(14)21(26)28-18/h5-10,12H,2-4,11H2,1H3,(H,24,25)/t12-/m1/s1. The Morgan fingerprint density at radius 2 is 2.04 bits per heavy atom. The molecule has 0 spiro atoms. The Hall–Kier alpha value is -2.86. The van der Waals surface area contributed by atoms with Gasteiger partial charge in [0.2, 0.25) is 0 Å². The Morgan fingerprint density at radius 1 is 1.29 bits per heavy atom. The highest BCUT2D eigenvalue weighted by Gasteiger charge is 2.22. The lowest BCUT2D eigenvalue weighted by molar-refractivity contribution is -0.127. The number of nitrogens with zero attached hydrogens (tertiary/aromatic N) is 1. The number of amides is 1. The zero-order valence-electron chi connectivity index (χ0n) is 15.3. The van der Waals surface area contributed by atoms with Crippen molar-refractivity contribution < 1.29 is 13.9 Å². The fourth-order valence-corrected chi connectivity index (χ4v) is 3.66. The minimum absolute atomic E-state index is 0.275. The number of aryl methyl sites for hydroxylation is 1. The predicted molar refractivity (Wildman–Crippen MR) is 106 cm³/mol. The van der Waals surface area contributed by atoms with Gasteiger partial charge in [0.25, 0.3) is 5.91 Å². The SMILES string of the molecule is C[C@@H](Oc1cc2oc(=O)c3c(c2cc1Cl)CCC3)C(=O)NCc1ccncc1. The van der Waals surface area contributed by atoms with Crippen molar-refractivity contribution in [2.75, 3.05) is 0 Å². The maximum atomic E-state index is 12.3. The minimum Gasteiger partial charge on any atom is -0.479 e. The molecule has 1 atom stereocenters. The summed E-state index contributed by atoms with van der Waals surface area (Å²) in [4.78, 5) is 28.4. The number of rotatable bonds is 5. The van der Waals surface area contributed by atoms with E-state index in [1.54, 1.807) is 31.5 Å². The first-order valence-corrected chi connectivity index (χ1v) is 9.52. The number of ether oxygens (including phenoxy) is 1. The fraction of sp³-hybridized carbons (Fsp3) is 0.286. The van der Waals surface area contributed by atoms with Crippen LogP contribution in [-0.4, -0.2) is 17.0 Å². The molecule has 28 heavy (non-hydrogen) atoms. The van der Waals surface area contributed by atoms with Crippen molar-refractivity contribution in [3.8, 4) is 5.75 Å². The molecule has 1 aromatic carbocycles. The number of halogens is 1. The van der Waals surface area contributed by atoms with Crippen LogP contribution in [0.4, 0.5) is 0 Å². The van der Waals surface area contributed by atoms with Crippen LogP contribution in [0.5, 0.6) is 5.75 Å². The summed E-state index contributed by atoms with van der Waals surface area (Å²) < 4.78 is 11.2. The van der Waals surface area contributed by atoms with Crippen molar-refractivity contribution >= 4 is 28.5 Å². The van der Waals surface area contributed by atoms with E-state index in [1.165, 1.54) is 0 Å². The van der Waals surface area contributed by atoms with Gasteiger partial charge in [0.15, 0.2) is 6.10 Å². The van der Waals surface area contributed by atoms with Crippen LogP contribution in [0, 0.1) is 0 Å². The van der Waals surface area contributed by atoms with E-state index < -0.39 is 6.10 Å². The highest BCUT2D eigenvalue weighted by atomic mass is 35.5. The Bertz CT molecular complexity index is 1090. The first-order chi connectivity index (χ1) is 13.5. The number of hydrogen-bond donors (Lipinski definition) is 1. The Balaban J connectivity index is 1.52. The molecule has 0 bridgehead atoms. The first-order valence-electron chi connectivity index (χ1n) is 9.14. The molecular formula is C21H19ClN2O4. The van der Waals surface area contributed by atoms with Gasteiger partial charge in [0, 0.05) is 36.0 Å². The van der Waals surface area contributed by atoms with Crippen molar-refractivity contribution in [2.24, 2.45) is 0 Å². The number of nitrogens with one attached hydrogen (secondary N) is 1. The molecule has 4 rings (SSSR count). The lowest BCUT2D eigenvalue weighted by atomic mass is 10.1. The lowest BCUT2D eigenvalue weighted by Crippen LogP contribution is -2.35. The lowest BCUT2D eigenvalue weighted by Gasteiger charge is -2.16. The van der Waals surface area contributed by atoms with E-state index >= 15 is 0 Å². The Morgan fingerprint density at radius 3 is 2.82 bits per heavy atom. The van der Waals surface area contributed by atoms with E-state index in [9.17, 15) is 9.59 Å². The molecule has 0 saturated heterocycles. The van der Waals surface area contributed by atoms with Gasteiger partial charge >= 0.3 is 5.63 Å². The van der Waals surface area contributed by atoms with Crippen molar-refractivity contribution in [1.82, 2.24) is 10.3 Å². The second kappa shape index (κ2) is 7.64. The van der Waals surface area contributed by atoms with Crippen molar-refractivity contribution in [3.05, 3.63) is 68.8 Å². The van der Waals surface area contributed by atoms with Gasteiger partial charge in [0.05, 0.1) is 5.02 Å². The van der Waals surface area contributed by atoms with Crippen LogP contribution < -0.4 is 15.7 Å². The first kappa shape index (κ1) is 18.5. The molecule has 0 fully saturated rings. The van der Waals surface area contributed by atoms with E-state index in [0.29, 0.717) is 22.9 Å². The van der Waals surface area contributed by atoms with Crippen LogP contribution in [0.2, 0.25) is 5.02 Å². The third kappa shape index (κ3) is 3.60. The van der Waals surface area contributed by atoms with E-state index in [2.05, 4.69) is 10.3 Å². The van der Waals surface area contributed by atoms with E-state index in [4.69, 9.17) is 20.8 Å². The van der Waals surface area contributed by atoms with Gasteiger partial charge in [-0.15, -0.1) is 0 Å². The second-order valence-electron chi connectivity index (χ2n) is 6.81. The molecule has 2 aromatic heterocycles. The third-order valence-corrected chi connectivity index (χ3v) is 5.21. The quantitative estimate of drug-likeness (QED) is 0.666. The summed E-state index contributed by atoms with van der Waals surface area (Å²) in [5.74, 6) is 0.0326. The van der Waals surface area contributed by atoms with E-state index in [1.807, 2.05) is 12.1 Å². The Kier molecular flexibility index (Phi) is 5.05. The van der Waals surface area contributed by atoms with Gasteiger partial charge in [-0.1, -0.05) is 11.6 Å². The molecule has 0 saturated carbocycles. The third-order valence-electron chi connectivity index (χ3n) is 4.92. The molecule has 7 heteroatoms. The zero-order valence-corrected chi connectivity index (χ0v) is 16.1. The van der Waals surface area contributed by atoms with Crippen LogP contribution in [-0.2, 0) is 24.2 Å². The Labute approximate surface area is 166 Å². The van der Waals surface area contributed by atoms with Crippen LogP contribution in [0.1, 0.15) is 30.0 Å². The van der Waals surface area contributed by atoms with Crippen molar-refractivity contribution in [3.63, 3.8) is 0 Å². The molecule has 1 aliphatic carbocycles. The monoisotopic (exact) mass is 398 g/mol. The molecule has 1 N–H and O–H groups in total. The summed E-state index contributed by atoms with van der Waals surface area (Å²) in [6, 6.07) is 6.99. The average molecular weight is 399 g/mol. The van der Waals surface area contributed by atoms with E-state index in [0.717, 1.165) is 41.3 Å². The zero-order chi connectivity index (χ0) is 19.7. The minimum atomic E-state index is -0.766. The molecular weight excluding hydrogens is 380 g/mol. The number of aromatic nitrogens is 1. The van der Waals surface area contributed by atoms with Crippen LogP contribution in [0.15, 0.2) is 45.9 Å². The molecule has 0 aliphatic heterocycles. The number of hydrogen-bond acceptors (Lipinski definition) is 5. The normalized spacial score (nSPS) is 13.9. The largest absolute Gasteiger partial charge is 0.479 e. The molecule has 6 nitrogen and oxygen atoms in total. The number of carbonyl (C=O) groups is 1. The maximum absolute atomic E-state index is 12.3. The van der Waals surface area contributed by atoms with Crippen molar-refractivity contribution in [2.45, 2.75) is 38.8 Å². The van der Waals surface area contributed by atoms with E-state index in [-0.39, 0.29) is 11.5 Å². The topological polar surface area (TPSA) is 81.4 Å². The summed E-state index contributed by atoms with van der Waals surface area (Å²) in [6.07, 6.45) is 5.07. The number of benzene rings is 1. The van der Waals surface area contributed by atoms with Gasteiger partial charge in [0.1, 0.15) is 11.3 Å². The highest BCUT2D eigenvalue weighted by molar-refractivity contribution is 6.32. The molecule has 1 amide bonds. The maximum Gasteiger partial charge on any atom is 0.339 e. The number of carbonyl (C=O) groups excluding carboxylic acids is 1. The van der Waals surface area contributed by atoms with Gasteiger partial charge in [-0.2, -0.15) is 0 Å². The van der Waals surface area contributed by atoms with Crippen molar-refractivity contribution in [1.29, 1.82) is 0 Å². The summed E-state index contributed by atoms with van der Waals surface area (Å²) in [5, 5.41) is 4.02. The summed E-state index contributed by atoms with van der Waals surface area (Å²) >= 11 is 6.38. The van der Waals surface area contributed by atoms with Gasteiger partial charge in [-0.25, -0.2) is 4.79 Å². The molecule has 144 valence electrons. The molecule has 0 radical (unpaired) electrons. The summed E-state index contributed by atoms with van der Waals surface area (Å²) in [6.45, 7) is 2.02. The average Bonchev–Trinajstić information content (AvgIpc) is 3.19. The van der Waals surface area contributed by atoms with Gasteiger partial charge < -0.3 is 14.5 Å². The summed E-state index contributed by atoms with van der Waals surface area (Å²) in [7, 11) is 0. The molecule has 2 heterocycles. The van der Waals surface area contributed by atoms with Crippen LogP contribution >= 0.6 is 11.6 Å². The predicted octanol–water partition coefficient (Wildman–Crippen LogP) is 3.41. The van der Waals surface area contributed by atoms with Gasteiger partial charge in [-0.05, 0) is 55.5 Å². The molecule has 0 unspecified atom stereocenters. The second-order valence-corrected chi connectivity index (χ2v) is 7.22. The smallest absolute Gasteiger partial charge is 0.339 e. The van der Waals surface area contributed by atoms with Crippen LogP contribution in [0.25, 0.3) is 11.0 Å². The van der Waals surface area contributed by atoms with Crippen LogP contribution in [0.3, 0.4) is 0 Å².